The topological polar surface area (TPSA) is 112 Å². The number of β-amino-alcohol motifs (C(OH)–C–C–N with tert-alkyl or cyclic N) is 1. The van der Waals surface area contributed by atoms with Crippen LogP contribution in [0, 0.1) is 11.3 Å². The first-order valence-electron chi connectivity index (χ1n) is 6.06. The average Bonchev–Trinajstić information content (AvgIpc) is 2.69. The van der Waals surface area contributed by atoms with Crippen molar-refractivity contribution < 1.29 is 24.0 Å². The molecule has 20 heavy (non-hydrogen) atoms. The number of aliphatic hydroxyl groups is 1. The van der Waals surface area contributed by atoms with Crippen molar-refractivity contribution in [2.75, 3.05) is 13.1 Å². The second kappa shape index (κ2) is 6.37. The Bertz CT molecular complexity index is 409. The number of nitrogens with zero attached hydrogens (tertiary/aromatic N) is 1. The molecule has 0 aromatic rings. The first kappa shape index (κ1) is 16.7. The lowest BCUT2D eigenvalue weighted by atomic mass is 10.1. The Balaban J connectivity index is 2.61. The van der Waals surface area contributed by atoms with Gasteiger partial charge in [-0.3, -0.25) is 10.7 Å². The third-order valence-electron chi connectivity index (χ3n) is 2.66. The van der Waals surface area contributed by atoms with E-state index < -0.39 is 29.8 Å². The number of carbonyl (C=O) groups excluding carboxylic acids is 2. The van der Waals surface area contributed by atoms with E-state index in [9.17, 15) is 14.7 Å². The number of nitrogens with one attached hydrogen (secondary N) is 2. The van der Waals surface area contributed by atoms with Crippen LogP contribution in [0.4, 0.5) is 9.59 Å². The lowest BCUT2D eigenvalue weighted by Gasteiger charge is -2.24. The third-order valence-corrected chi connectivity index (χ3v) is 2.87. The van der Waals surface area contributed by atoms with Crippen molar-refractivity contribution in [3.05, 3.63) is 0 Å². The molecule has 0 aromatic heterocycles. The molecule has 0 saturated carbocycles. The summed E-state index contributed by atoms with van der Waals surface area (Å²) in [5, 5.41) is 19.7. The van der Waals surface area contributed by atoms with Crippen LogP contribution < -0.4 is 5.32 Å². The van der Waals surface area contributed by atoms with Crippen molar-refractivity contribution in [2.24, 2.45) is 5.92 Å². The lowest BCUT2D eigenvalue weighted by Crippen LogP contribution is -2.40. The van der Waals surface area contributed by atoms with E-state index in [4.69, 9.17) is 10.1 Å². The summed E-state index contributed by atoms with van der Waals surface area (Å²) in [4.78, 5) is 24.2. The number of aliphatic hydroxyl groups excluding tert-OH is 1. The molecule has 8 nitrogen and oxygen atoms in total. The Morgan fingerprint density at radius 2 is 2.00 bits per heavy atom. The summed E-state index contributed by atoms with van der Waals surface area (Å²) in [5.41, 5.74) is -0.630. The van der Waals surface area contributed by atoms with Gasteiger partial charge >= 0.3 is 12.2 Å². The Morgan fingerprint density at radius 1 is 1.40 bits per heavy atom. The van der Waals surface area contributed by atoms with E-state index in [0.717, 1.165) is 0 Å². The van der Waals surface area contributed by atoms with E-state index in [1.165, 1.54) is 4.90 Å². The fourth-order valence-corrected chi connectivity index (χ4v) is 1.84. The summed E-state index contributed by atoms with van der Waals surface area (Å²) < 4.78 is 9.49. The van der Waals surface area contributed by atoms with E-state index >= 15 is 0 Å². The van der Waals surface area contributed by atoms with Crippen LogP contribution in [-0.4, -0.2) is 52.8 Å². The van der Waals surface area contributed by atoms with Crippen LogP contribution in [0.1, 0.15) is 20.8 Å². The molecule has 0 aliphatic carbocycles. The summed E-state index contributed by atoms with van der Waals surface area (Å²) >= 11 is 0. The standard InChI is InChI=1S/C11H20N3O5P/c1-11(2,3)18-10(17)14-4-6(7(15)5-14)8(12)13-9(16)19-20/h6-7,15H,4-5,20H2,1-3H3,(H2,12,13,16)/t6-,7-/m0/s1. The molecular weight excluding hydrogens is 285 g/mol. The van der Waals surface area contributed by atoms with Gasteiger partial charge in [0, 0.05) is 6.54 Å². The number of hydrogen-bond acceptors (Lipinski definition) is 6. The fraction of sp³-hybridized carbons (Fsp3) is 0.727. The van der Waals surface area contributed by atoms with Crippen LogP contribution in [0.2, 0.25) is 0 Å². The number of rotatable bonds is 1. The molecule has 1 rings (SSSR count). The van der Waals surface area contributed by atoms with E-state index in [2.05, 4.69) is 9.84 Å². The monoisotopic (exact) mass is 305 g/mol. The maximum atomic E-state index is 11.9. The number of amides is 2. The Hall–Kier alpha value is -1.40. The SMILES string of the molecule is CC(C)(C)OC(=O)N1C[C@H](C(=N)NC(=O)OP)[C@@H](O)C1. The Kier molecular flexibility index (Phi) is 5.30. The molecule has 1 heterocycles. The molecule has 1 aliphatic rings. The summed E-state index contributed by atoms with van der Waals surface area (Å²) in [6.45, 7) is 5.39. The largest absolute Gasteiger partial charge is 0.444 e. The van der Waals surface area contributed by atoms with Crippen LogP contribution in [0.5, 0.6) is 0 Å². The summed E-state index contributed by atoms with van der Waals surface area (Å²) in [6.07, 6.45) is -2.30. The van der Waals surface area contributed by atoms with Gasteiger partial charge in [-0.2, -0.15) is 0 Å². The molecule has 9 heteroatoms. The average molecular weight is 305 g/mol. The van der Waals surface area contributed by atoms with Gasteiger partial charge in [0.25, 0.3) is 0 Å². The zero-order chi connectivity index (χ0) is 15.5. The Morgan fingerprint density at radius 3 is 2.50 bits per heavy atom. The fourth-order valence-electron chi connectivity index (χ4n) is 1.78. The molecule has 0 bridgehead atoms. The van der Waals surface area contributed by atoms with Crippen molar-refractivity contribution in [2.45, 2.75) is 32.5 Å². The van der Waals surface area contributed by atoms with Crippen LogP contribution in [0.25, 0.3) is 0 Å². The first-order chi connectivity index (χ1) is 9.14. The first-order valence-corrected chi connectivity index (χ1v) is 6.53. The summed E-state index contributed by atoms with van der Waals surface area (Å²) in [7, 11) is 1.76. The highest BCUT2D eigenvalue weighted by Crippen LogP contribution is 2.20. The lowest BCUT2D eigenvalue weighted by molar-refractivity contribution is 0.0270. The van der Waals surface area contributed by atoms with Crippen LogP contribution in [0.3, 0.4) is 0 Å². The van der Waals surface area contributed by atoms with Gasteiger partial charge < -0.3 is 19.3 Å². The van der Waals surface area contributed by atoms with E-state index in [-0.39, 0.29) is 18.9 Å². The molecule has 114 valence electrons. The smallest absolute Gasteiger partial charge is 0.414 e. The zero-order valence-corrected chi connectivity index (χ0v) is 12.8. The highest BCUT2D eigenvalue weighted by molar-refractivity contribution is 7.10. The van der Waals surface area contributed by atoms with Crippen molar-refractivity contribution in [1.29, 1.82) is 5.41 Å². The maximum absolute atomic E-state index is 11.9. The predicted octanol–water partition coefficient (Wildman–Crippen LogP) is 0.708. The van der Waals surface area contributed by atoms with Crippen LogP contribution in [0.15, 0.2) is 0 Å². The van der Waals surface area contributed by atoms with Gasteiger partial charge in [0.15, 0.2) is 0 Å². The molecule has 3 N–H and O–H groups in total. The number of hydrogen-bond donors (Lipinski definition) is 3. The third kappa shape index (κ3) is 4.61. The molecule has 1 aliphatic heterocycles. The van der Waals surface area contributed by atoms with Gasteiger partial charge in [0.1, 0.15) is 11.4 Å². The minimum Gasteiger partial charge on any atom is -0.444 e. The van der Waals surface area contributed by atoms with Gasteiger partial charge in [-0.15, -0.1) is 0 Å². The van der Waals surface area contributed by atoms with Crippen LogP contribution >= 0.6 is 9.47 Å². The molecule has 1 fully saturated rings. The van der Waals surface area contributed by atoms with Crippen LogP contribution in [-0.2, 0) is 9.26 Å². The van der Waals surface area contributed by atoms with Crippen molar-refractivity contribution >= 4 is 27.5 Å². The van der Waals surface area contributed by atoms with Gasteiger partial charge in [-0.25, -0.2) is 9.59 Å². The number of likely N-dealkylation sites (tertiary alicyclic amines) is 1. The number of ether oxygens (including phenoxy) is 1. The second-order valence-corrected chi connectivity index (χ2v) is 5.74. The van der Waals surface area contributed by atoms with Crippen molar-refractivity contribution in [3.8, 4) is 0 Å². The Labute approximate surface area is 119 Å². The van der Waals surface area contributed by atoms with E-state index in [1.54, 1.807) is 30.2 Å². The second-order valence-electron chi connectivity index (χ2n) is 5.50. The highest BCUT2D eigenvalue weighted by Gasteiger charge is 2.39. The summed E-state index contributed by atoms with van der Waals surface area (Å²) in [5.74, 6) is -0.873. The zero-order valence-electron chi connectivity index (χ0n) is 11.7. The van der Waals surface area contributed by atoms with Gasteiger partial charge in [-0.05, 0) is 20.8 Å². The minimum atomic E-state index is -0.931. The normalized spacial score (nSPS) is 22.4. The minimum absolute atomic E-state index is 0.0551. The molecule has 1 saturated heterocycles. The number of amidine groups is 1. The van der Waals surface area contributed by atoms with Gasteiger partial charge in [0.05, 0.1) is 28.0 Å². The van der Waals surface area contributed by atoms with E-state index in [1.807, 2.05) is 0 Å². The molecule has 0 radical (unpaired) electrons. The molecule has 0 aromatic carbocycles. The van der Waals surface area contributed by atoms with Gasteiger partial charge in [-0.1, -0.05) is 0 Å². The molecule has 3 atom stereocenters. The molecule has 1 unspecified atom stereocenters. The maximum Gasteiger partial charge on any atom is 0.414 e. The van der Waals surface area contributed by atoms with Crippen molar-refractivity contribution in [3.63, 3.8) is 0 Å². The predicted molar refractivity (Wildman–Crippen MR) is 74.4 cm³/mol. The molecule has 2 amide bonds. The highest BCUT2D eigenvalue weighted by atomic mass is 31.0. The van der Waals surface area contributed by atoms with Gasteiger partial charge in [0.2, 0.25) is 0 Å². The van der Waals surface area contributed by atoms with Crippen molar-refractivity contribution in [1.82, 2.24) is 10.2 Å². The van der Waals surface area contributed by atoms with E-state index in [0.29, 0.717) is 0 Å². The molecule has 0 spiro atoms. The summed E-state index contributed by atoms with van der Waals surface area (Å²) in [6, 6.07) is 0. The quantitative estimate of drug-likeness (QED) is 0.375. The number of carbonyl (C=O) groups is 2. The molecular formula is C11H20N3O5P.